The molecule has 1 aromatic carbocycles. The van der Waals surface area contributed by atoms with Crippen LogP contribution in [-0.2, 0) is 4.74 Å². The summed E-state index contributed by atoms with van der Waals surface area (Å²) in [5, 5.41) is 5.96. The number of anilines is 2. The van der Waals surface area contributed by atoms with Crippen molar-refractivity contribution in [2.24, 2.45) is 0 Å². The van der Waals surface area contributed by atoms with E-state index < -0.39 is 5.97 Å². The summed E-state index contributed by atoms with van der Waals surface area (Å²) in [4.78, 5) is 28.2. The van der Waals surface area contributed by atoms with Gasteiger partial charge in [0.25, 0.3) is 5.91 Å². The number of benzene rings is 1. The highest BCUT2D eigenvalue weighted by Gasteiger charge is 2.12. The van der Waals surface area contributed by atoms with Crippen LogP contribution in [0.25, 0.3) is 0 Å². The second kappa shape index (κ2) is 9.42. The number of unbranched alkanes of at least 4 members (excludes halogenated alkanes) is 2. The number of nitrogens with one attached hydrogen (secondary N) is 2. The minimum atomic E-state index is -0.437. The molecule has 0 spiro atoms. The minimum absolute atomic E-state index is 0.136. The van der Waals surface area contributed by atoms with Crippen LogP contribution in [0.2, 0.25) is 0 Å². The Morgan fingerprint density at radius 3 is 2.72 bits per heavy atom. The van der Waals surface area contributed by atoms with Crippen molar-refractivity contribution in [3.8, 4) is 0 Å². The molecule has 0 saturated heterocycles. The van der Waals surface area contributed by atoms with Gasteiger partial charge in [-0.25, -0.2) is 9.78 Å². The third kappa shape index (κ3) is 5.31. The first-order valence-corrected chi connectivity index (χ1v) is 8.34. The predicted molar refractivity (Wildman–Crippen MR) is 97.2 cm³/mol. The molecule has 1 amide bonds. The largest absolute Gasteiger partial charge is 0.465 e. The number of aromatic nitrogens is 1. The van der Waals surface area contributed by atoms with Crippen molar-refractivity contribution in [2.45, 2.75) is 26.2 Å². The molecule has 0 bridgehead atoms. The molecule has 0 atom stereocenters. The van der Waals surface area contributed by atoms with Crippen molar-refractivity contribution in [1.82, 2.24) is 10.3 Å². The van der Waals surface area contributed by atoms with Crippen LogP contribution >= 0.6 is 0 Å². The molecular formula is C19H23N3O3. The molecule has 25 heavy (non-hydrogen) atoms. The second-order valence-electron chi connectivity index (χ2n) is 5.55. The summed E-state index contributed by atoms with van der Waals surface area (Å²) in [6.07, 6.45) is 4.72. The topological polar surface area (TPSA) is 80.3 Å². The van der Waals surface area contributed by atoms with Crippen molar-refractivity contribution in [3.63, 3.8) is 0 Å². The molecule has 0 aliphatic carbocycles. The number of pyridine rings is 1. The van der Waals surface area contributed by atoms with Gasteiger partial charge in [0.2, 0.25) is 0 Å². The highest BCUT2D eigenvalue weighted by atomic mass is 16.5. The van der Waals surface area contributed by atoms with E-state index in [1.165, 1.54) is 7.11 Å². The number of carbonyl (C=O) groups excluding carboxylic acids is 2. The summed E-state index contributed by atoms with van der Waals surface area (Å²) in [7, 11) is 1.33. The van der Waals surface area contributed by atoms with Crippen molar-refractivity contribution in [2.75, 3.05) is 19.0 Å². The summed E-state index contributed by atoms with van der Waals surface area (Å²) in [5.74, 6) is -0.0895. The number of esters is 1. The number of amides is 1. The average molecular weight is 341 g/mol. The monoisotopic (exact) mass is 341 g/mol. The van der Waals surface area contributed by atoms with Crippen LogP contribution in [0.1, 0.15) is 46.9 Å². The van der Waals surface area contributed by atoms with Crippen molar-refractivity contribution in [1.29, 1.82) is 0 Å². The fourth-order valence-electron chi connectivity index (χ4n) is 2.34. The van der Waals surface area contributed by atoms with E-state index in [9.17, 15) is 9.59 Å². The highest BCUT2D eigenvalue weighted by molar-refractivity contribution is 5.97. The fraction of sp³-hybridized carbons (Fsp3) is 0.316. The van der Waals surface area contributed by atoms with E-state index in [4.69, 9.17) is 4.74 Å². The first-order chi connectivity index (χ1) is 12.2. The lowest BCUT2D eigenvalue weighted by molar-refractivity contribution is 0.0601. The molecule has 132 valence electrons. The minimum Gasteiger partial charge on any atom is -0.465 e. The Hall–Kier alpha value is -2.89. The van der Waals surface area contributed by atoms with Crippen LogP contribution in [-0.4, -0.2) is 30.5 Å². The van der Waals surface area contributed by atoms with Crippen molar-refractivity contribution in [3.05, 3.63) is 53.7 Å². The molecule has 1 heterocycles. The Morgan fingerprint density at radius 1 is 1.16 bits per heavy atom. The normalized spacial score (nSPS) is 10.2. The quantitative estimate of drug-likeness (QED) is 0.567. The summed E-state index contributed by atoms with van der Waals surface area (Å²) in [6.45, 7) is 2.78. The first-order valence-electron chi connectivity index (χ1n) is 8.34. The van der Waals surface area contributed by atoms with Crippen molar-refractivity contribution >= 4 is 23.4 Å². The maximum Gasteiger partial charge on any atom is 0.339 e. The second-order valence-corrected chi connectivity index (χ2v) is 5.55. The van der Waals surface area contributed by atoms with Gasteiger partial charge in [-0.05, 0) is 30.7 Å². The van der Waals surface area contributed by atoms with Crippen LogP contribution in [0.5, 0.6) is 0 Å². The lowest BCUT2D eigenvalue weighted by Gasteiger charge is -2.11. The van der Waals surface area contributed by atoms with E-state index in [0.717, 1.165) is 19.3 Å². The van der Waals surface area contributed by atoms with Gasteiger partial charge in [-0.15, -0.1) is 0 Å². The Balaban J connectivity index is 2.09. The SMILES string of the molecule is CCCCCNC(=O)c1ccnc(Nc2ccccc2C(=O)OC)c1. The van der Waals surface area contributed by atoms with Crippen LogP contribution in [0.3, 0.4) is 0 Å². The zero-order valence-electron chi connectivity index (χ0n) is 14.5. The Labute approximate surface area is 147 Å². The van der Waals surface area contributed by atoms with Gasteiger partial charge < -0.3 is 15.4 Å². The molecule has 0 unspecified atom stereocenters. The summed E-state index contributed by atoms with van der Waals surface area (Å²) >= 11 is 0. The molecule has 0 radical (unpaired) electrons. The Morgan fingerprint density at radius 2 is 1.96 bits per heavy atom. The predicted octanol–water partition coefficient (Wildman–Crippen LogP) is 3.53. The fourth-order valence-corrected chi connectivity index (χ4v) is 2.34. The van der Waals surface area contributed by atoms with Gasteiger partial charge >= 0.3 is 5.97 Å². The molecular weight excluding hydrogens is 318 g/mol. The van der Waals surface area contributed by atoms with E-state index in [-0.39, 0.29) is 5.91 Å². The molecule has 6 heteroatoms. The number of carbonyl (C=O) groups is 2. The maximum absolute atomic E-state index is 12.2. The summed E-state index contributed by atoms with van der Waals surface area (Å²) in [5.41, 5.74) is 1.49. The Kier molecular flexibility index (Phi) is 6.95. The molecule has 0 saturated carbocycles. The lowest BCUT2D eigenvalue weighted by atomic mass is 10.1. The van der Waals surface area contributed by atoms with Gasteiger partial charge in [-0.1, -0.05) is 31.9 Å². The molecule has 6 nitrogen and oxygen atoms in total. The van der Waals surface area contributed by atoms with Crippen LogP contribution in [0.4, 0.5) is 11.5 Å². The molecule has 0 aliphatic heterocycles. The molecule has 0 fully saturated rings. The number of hydrogen-bond donors (Lipinski definition) is 2. The summed E-state index contributed by atoms with van der Waals surface area (Å²) < 4.78 is 4.78. The number of rotatable bonds is 8. The van der Waals surface area contributed by atoms with Crippen LogP contribution in [0.15, 0.2) is 42.6 Å². The third-order valence-electron chi connectivity index (χ3n) is 3.68. The highest BCUT2D eigenvalue weighted by Crippen LogP contribution is 2.20. The van der Waals surface area contributed by atoms with E-state index in [2.05, 4.69) is 22.5 Å². The van der Waals surface area contributed by atoms with E-state index in [0.29, 0.717) is 29.2 Å². The van der Waals surface area contributed by atoms with Crippen LogP contribution < -0.4 is 10.6 Å². The zero-order chi connectivity index (χ0) is 18.1. The smallest absolute Gasteiger partial charge is 0.339 e. The van der Waals surface area contributed by atoms with E-state index >= 15 is 0 Å². The molecule has 2 rings (SSSR count). The molecule has 2 N–H and O–H groups in total. The maximum atomic E-state index is 12.2. The Bertz CT molecular complexity index is 731. The van der Waals surface area contributed by atoms with E-state index in [1.807, 2.05) is 0 Å². The first kappa shape index (κ1) is 18.4. The third-order valence-corrected chi connectivity index (χ3v) is 3.68. The van der Waals surface area contributed by atoms with Gasteiger partial charge in [-0.2, -0.15) is 0 Å². The molecule has 2 aromatic rings. The van der Waals surface area contributed by atoms with Gasteiger partial charge in [0, 0.05) is 18.3 Å². The average Bonchev–Trinajstić information content (AvgIpc) is 2.65. The lowest BCUT2D eigenvalue weighted by Crippen LogP contribution is -2.24. The molecule has 1 aromatic heterocycles. The number of methoxy groups -OCH3 is 1. The van der Waals surface area contributed by atoms with Gasteiger partial charge in [0.1, 0.15) is 5.82 Å². The number of hydrogen-bond acceptors (Lipinski definition) is 5. The van der Waals surface area contributed by atoms with Crippen molar-refractivity contribution < 1.29 is 14.3 Å². The number of nitrogens with zero attached hydrogens (tertiary/aromatic N) is 1. The zero-order valence-corrected chi connectivity index (χ0v) is 14.5. The standard InChI is InChI=1S/C19H23N3O3/c1-3-4-7-11-21-18(23)14-10-12-20-17(13-14)22-16-9-6-5-8-15(16)19(24)25-2/h5-6,8-10,12-13H,3-4,7,11H2,1-2H3,(H,20,22)(H,21,23). The van der Waals surface area contributed by atoms with Crippen LogP contribution in [0, 0.1) is 0 Å². The van der Waals surface area contributed by atoms with Gasteiger partial charge in [-0.3, -0.25) is 4.79 Å². The van der Waals surface area contributed by atoms with E-state index in [1.54, 1.807) is 42.6 Å². The molecule has 0 aliphatic rings. The number of ether oxygens (including phenoxy) is 1. The summed E-state index contributed by atoms with van der Waals surface area (Å²) in [6, 6.07) is 10.3. The van der Waals surface area contributed by atoms with Gasteiger partial charge in [0.05, 0.1) is 18.4 Å². The number of para-hydroxylation sites is 1. The van der Waals surface area contributed by atoms with Gasteiger partial charge in [0.15, 0.2) is 0 Å².